The Kier molecular flexibility index (Phi) is 4.26. The zero-order valence-electron chi connectivity index (χ0n) is 10.7. The summed E-state index contributed by atoms with van der Waals surface area (Å²) in [4.78, 5) is 9.73. The van der Waals surface area contributed by atoms with Gasteiger partial charge in [-0.2, -0.15) is 0 Å². The third kappa shape index (κ3) is 3.36. The fourth-order valence-corrected chi connectivity index (χ4v) is 3.28. The second kappa shape index (κ2) is 5.66. The van der Waals surface area contributed by atoms with E-state index in [1.807, 2.05) is 0 Å². The molecule has 3 N–H and O–H groups in total. The van der Waals surface area contributed by atoms with Crippen molar-refractivity contribution >= 4 is 16.0 Å². The van der Waals surface area contributed by atoms with Crippen LogP contribution in [0.1, 0.15) is 23.2 Å². The van der Waals surface area contributed by atoms with Gasteiger partial charge in [0.1, 0.15) is 4.90 Å². The van der Waals surface area contributed by atoms with Crippen LogP contribution in [0.3, 0.4) is 0 Å². The zero-order valence-corrected chi connectivity index (χ0v) is 11.5. The second-order valence-corrected chi connectivity index (χ2v) is 6.65. The van der Waals surface area contributed by atoms with Crippen LogP contribution in [0.15, 0.2) is 17.0 Å². The van der Waals surface area contributed by atoms with Gasteiger partial charge in [0.25, 0.3) is 0 Å². The number of aromatic carboxylic acids is 1. The molecule has 1 saturated carbocycles. The maximum Gasteiger partial charge on any atom is 0.335 e. The number of rotatable bonds is 5. The van der Waals surface area contributed by atoms with E-state index >= 15 is 0 Å². The summed E-state index contributed by atoms with van der Waals surface area (Å²) in [6.45, 7) is -0.0300. The van der Waals surface area contributed by atoms with E-state index in [9.17, 15) is 22.0 Å². The van der Waals surface area contributed by atoms with Crippen molar-refractivity contribution in [3.8, 4) is 0 Å². The molecule has 0 saturated heterocycles. The highest BCUT2D eigenvalue weighted by Crippen LogP contribution is 2.27. The van der Waals surface area contributed by atoms with E-state index < -0.39 is 44.2 Å². The third-order valence-electron chi connectivity index (χ3n) is 3.30. The fourth-order valence-electron chi connectivity index (χ4n) is 2.06. The van der Waals surface area contributed by atoms with Gasteiger partial charge in [0.05, 0.1) is 11.7 Å². The highest BCUT2D eigenvalue weighted by atomic mass is 32.2. The molecule has 0 aromatic heterocycles. The molecule has 1 aliphatic carbocycles. The van der Waals surface area contributed by atoms with E-state index in [2.05, 4.69) is 4.72 Å². The Morgan fingerprint density at radius 3 is 2.48 bits per heavy atom. The molecule has 0 atom stereocenters. The molecule has 6 nitrogen and oxygen atoms in total. The molecule has 1 aliphatic rings. The molecule has 2 rings (SSSR count). The van der Waals surface area contributed by atoms with Gasteiger partial charge >= 0.3 is 5.97 Å². The van der Waals surface area contributed by atoms with E-state index in [-0.39, 0.29) is 12.5 Å². The molecule has 1 aromatic rings. The predicted molar refractivity (Wildman–Crippen MR) is 67.2 cm³/mol. The van der Waals surface area contributed by atoms with Crippen LogP contribution in [0.5, 0.6) is 0 Å². The highest BCUT2D eigenvalue weighted by molar-refractivity contribution is 7.89. The fraction of sp³-hybridized carbons (Fsp3) is 0.417. The molecule has 0 unspecified atom stereocenters. The SMILES string of the molecule is O=C(O)c1cc(F)c(F)c(S(=O)(=O)NCC2CC(O)C2)c1. The summed E-state index contributed by atoms with van der Waals surface area (Å²) in [5.41, 5.74) is -0.659. The lowest BCUT2D eigenvalue weighted by molar-refractivity contribution is 0.0453. The topological polar surface area (TPSA) is 104 Å². The van der Waals surface area contributed by atoms with Gasteiger partial charge < -0.3 is 10.2 Å². The molecule has 1 aromatic carbocycles. The smallest absolute Gasteiger partial charge is 0.335 e. The van der Waals surface area contributed by atoms with Crippen molar-refractivity contribution < 1.29 is 32.2 Å². The standard InChI is InChI=1S/C12H13F2NO5S/c13-9-3-7(12(17)18)4-10(11(9)14)21(19,20)15-5-6-1-8(16)2-6/h3-4,6,8,15-16H,1-2,5H2,(H,17,18). The summed E-state index contributed by atoms with van der Waals surface area (Å²) in [7, 11) is -4.37. The van der Waals surface area contributed by atoms with E-state index in [4.69, 9.17) is 10.2 Å². The summed E-state index contributed by atoms with van der Waals surface area (Å²) in [6, 6.07) is 0.984. The number of hydrogen-bond acceptors (Lipinski definition) is 4. The molecule has 0 bridgehead atoms. The lowest BCUT2D eigenvalue weighted by Crippen LogP contribution is -2.38. The second-order valence-electron chi connectivity index (χ2n) is 4.92. The first-order chi connectivity index (χ1) is 9.70. The summed E-state index contributed by atoms with van der Waals surface area (Å²) in [6.07, 6.45) is 0.382. The Hall–Kier alpha value is -1.58. The maximum atomic E-state index is 13.6. The van der Waals surface area contributed by atoms with E-state index in [0.29, 0.717) is 25.0 Å². The van der Waals surface area contributed by atoms with Crippen molar-refractivity contribution in [3.05, 3.63) is 29.3 Å². The monoisotopic (exact) mass is 321 g/mol. The third-order valence-corrected chi connectivity index (χ3v) is 4.73. The predicted octanol–water partition coefficient (Wildman–Crippen LogP) is 0.712. The van der Waals surface area contributed by atoms with Crippen molar-refractivity contribution in [2.75, 3.05) is 6.54 Å². The number of carboxylic acids is 1. The van der Waals surface area contributed by atoms with Gasteiger partial charge in [0, 0.05) is 6.54 Å². The average molecular weight is 321 g/mol. The van der Waals surface area contributed by atoms with Crippen LogP contribution >= 0.6 is 0 Å². The number of halogens is 2. The van der Waals surface area contributed by atoms with Crippen molar-refractivity contribution in [1.82, 2.24) is 4.72 Å². The Labute approximate surface area is 119 Å². The first kappa shape index (κ1) is 15.8. The molecule has 0 heterocycles. The van der Waals surface area contributed by atoms with Crippen LogP contribution in [0.4, 0.5) is 8.78 Å². The first-order valence-corrected chi connectivity index (χ1v) is 7.59. The lowest BCUT2D eigenvalue weighted by Gasteiger charge is -2.31. The molecule has 0 amide bonds. The van der Waals surface area contributed by atoms with Crippen LogP contribution in [0.2, 0.25) is 0 Å². The Bertz CT molecular complexity index is 670. The molecule has 0 radical (unpaired) electrons. The van der Waals surface area contributed by atoms with Gasteiger partial charge in [0.2, 0.25) is 10.0 Å². The number of carbonyl (C=O) groups is 1. The minimum Gasteiger partial charge on any atom is -0.478 e. The van der Waals surface area contributed by atoms with Gasteiger partial charge in [-0.15, -0.1) is 0 Å². The van der Waals surface area contributed by atoms with Gasteiger partial charge in [0.15, 0.2) is 11.6 Å². The molecule has 1 fully saturated rings. The van der Waals surface area contributed by atoms with E-state index in [1.165, 1.54) is 0 Å². The Balaban J connectivity index is 2.24. The molecular formula is C12H13F2NO5S. The number of aliphatic hydroxyl groups is 1. The normalized spacial score (nSPS) is 21.9. The lowest BCUT2D eigenvalue weighted by atomic mass is 9.83. The molecular weight excluding hydrogens is 308 g/mol. The Morgan fingerprint density at radius 1 is 1.33 bits per heavy atom. The van der Waals surface area contributed by atoms with E-state index in [0.717, 1.165) is 0 Å². The number of benzene rings is 1. The average Bonchev–Trinajstić information content (AvgIpc) is 2.35. The maximum absolute atomic E-state index is 13.6. The van der Waals surface area contributed by atoms with Crippen molar-refractivity contribution in [1.29, 1.82) is 0 Å². The van der Waals surface area contributed by atoms with Crippen LogP contribution in [0, 0.1) is 17.6 Å². The summed E-state index contributed by atoms with van der Waals surface area (Å²) in [5, 5.41) is 17.8. The zero-order chi connectivity index (χ0) is 15.8. The minimum atomic E-state index is -4.37. The van der Waals surface area contributed by atoms with Crippen LogP contribution < -0.4 is 4.72 Å². The largest absolute Gasteiger partial charge is 0.478 e. The van der Waals surface area contributed by atoms with Gasteiger partial charge in [-0.3, -0.25) is 0 Å². The highest BCUT2D eigenvalue weighted by Gasteiger charge is 2.30. The minimum absolute atomic E-state index is 0.0300. The summed E-state index contributed by atoms with van der Waals surface area (Å²) < 4.78 is 52.8. The molecule has 0 spiro atoms. The van der Waals surface area contributed by atoms with Crippen molar-refractivity contribution in [3.63, 3.8) is 0 Å². The summed E-state index contributed by atoms with van der Waals surface area (Å²) in [5.74, 6) is -4.81. The number of aliphatic hydroxyl groups excluding tert-OH is 1. The number of nitrogens with one attached hydrogen (secondary N) is 1. The van der Waals surface area contributed by atoms with Crippen LogP contribution in [-0.4, -0.2) is 37.2 Å². The van der Waals surface area contributed by atoms with E-state index in [1.54, 1.807) is 0 Å². The Morgan fingerprint density at radius 2 is 1.95 bits per heavy atom. The van der Waals surface area contributed by atoms with Gasteiger partial charge in [-0.25, -0.2) is 26.7 Å². The van der Waals surface area contributed by atoms with Gasteiger partial charge in [-0.05, 0) is 30.9 Å². The van der Waals surface area contributed by atoms with Gasteiger partial charge in [-0.1, -0.05) is 0 Å². The van der Waals surface area contributed by atoms with Crippen molar-refractivity contribution in [2.24, 2.45) is 5.92 Å². The number of hydrogen-bond donors (Lipinski definition) is 3. The first-order valence-electron chi connectivity index (χ1n) is 6.10. The molecule has 21 heavy (non-hydrogen) atoms. The molecule has 9 heteroatoms. The molecule has 0 aliphatic heterocycles. The molecule has 116 valence electrons. The van der Waals surface area contributed by atoms with Crippen LogP contribution in [0.25, 0.3) is 0 Å². The quantitative estimate of drug-likeness (QED) is 0.741. The number of sulfonamides is 1. The van der Waals surface area contributed by atoms with Crippen molar-refractivity contribution in [2.45, 2.75) is 23.8 Å². The van der Waals surface area contributed by atoms with Crippen LogP contribution in [-0.2, 0) is 10.0 Å². The number of carboxylic acid groups (broad SMARTS) is 1. The summed E-state index contributed by atoms with van der Waals surface area (Å²) >= 11 is 0.